The van der Waals surface area contributed by atoms with Crippen LogP contribution >= 0.6 is 0 Å². The summed E-state index contributed by atoms with van der Waals surface area (Å²) >= 11 is 0. The van der Waals surface area contributed by atoms with Crippen molar-refractivity contribution >= 4 is 5.97 Å². The van der Waals surface area contributed by atoms with Gasteiger partial charge in [0.25, 0.3) is 0 Å². The molecule has 3 heteroatoms. The molecule has 1 fully saturated rings. The Kier molecular flexibility index (Phi) is 4.78. The van der Waals surface area contributed by atoms with Gasteiger partial charge >= 0.3 is 0 Å². The first-order valence-corrected chi connectivity index (χ1v) is 6.47. The summed E-state index contributed by atoms with van der Waals surface area (Å²) in [7, 11) is 4.54. The highest BCUT2D eigenvalue weighted by atomic mass is 16.4. The van der Waals surface area contributed by atoms with Crippen molar-refractivity contribution in [2.24, 2.45) is 11.8 Å². The fraction of sp³-hybridized carbons (Fsp3) is 0.923. The lowest BCUT2D eigenvalue weighted by atomic mass is 9.81. The number of nitrogens with zero attached hydrogens (tertiary/aromatic N) is 1. The molecule has 0 heterocycles. The van der Waals surface area contributed by atoms with E-state index < -0.39 is 5.97 Å². The van der Waals surface area contributed by atoms with Crippen LogP contribution in [-0.2, 0) is 4.79 Å². The molecule has 1 aliphatic rings. The van der Waals surface area contributed by atoms with Crippen molar-refractivity contribution in [2.75, 3.05) is 27.2 Å². The Morgan fingerprint density at radius 3 is 2.25 bits per heavy atom. The summed E-state index contributed by atoms with van der Waals surface area (Å²) in [5.74, 6) is -0.323. The molecule has 94 valence electrons. The van der Waals surface area contributed by atoms with Gasteiger partial charge in [-0.15, -0.1) is 0 Å². The molecule has 3 nitrogen and oxygen atoms in total. The van der Waals surface area contributed by atoms with Crippen LogP contribution in [0, 0.1) is 11.8 Å². The fourth-order valence-corrected chi connectivity index (χ4v) is 2.98. The highest BCUT2D eigenvalue weighted by Gasteiger charge is 2.27. The average Bonchev–Trinajstić information content (AvgIpc) is 2.17. The maximum atomic E-state index is 10.7. The van der Waals surface area contributed by atoms with Crippen LogP contribution in [0.4, 0.5) is 0 Å². The zero-order valence-corrected chi connectivity index (χ0v) is 10.9. The zero-order chi connectivity index (χ0) is 12.2. The number of rotatable bonds is 5. The Hall–Kier alpha value is -0.570. The first-order valence-electron chi connectivity index (χ1n) is 6.47. The Morgan fingerprint density at radius 2 is 1.81 bits per heavy atom. The highest BCUT2D eigenvalue weighted by molar-refractivity contribution is 5.67. The molecule has 0 spiro atoms. The first kappa shape index (κ1) is 13.5. The van der Waals surface area contributed by atoms with E-state index in [9.17, 15) is 9.90 Å². The number of aliphatic carboxylic acids is 1. The summed E-state index contributed by atoms with van der Waals surface area (Å²) in [4.78, 5) is 10.7. The number of carbonyl (C=O) groups is 1. The van der Waals surface area contributed by atoms with Crippen LogP contribution in [0.5, 0.6) is 0 Å². The second-order valence-electron chi connectivity index (χ2n) is 5.88. The van der Waals surface area contributed by atoms with Crippen molar-refractivity contribution in [3.63, 3.8) is 0 Å². The van der Waals surface area contributed by atoms with Gasteiger partial charge in [-0.2, -0.15) is 0 Å². The van der Waals surface area contributed by atoms with E-state index in [0.717, 1.165) is 30.2 Å². The lowest BCUT2D eigenvalue weighted by Crippen LogP contribution is -2.45. The van der Waals surface area contributed by atoms with Crippen molar-refractivity contribution in [3.8, 4) is 0 Å². The normalized spacial score (nSPS) is 26.7. The van der Waals surface area contributed by atoms with Crippen molar-refractivity contribution in [3.05, 3.63) is 0 Å². The second-order valence-corrected chi connectivity index (χ2v) is 5.88. The highest BCUT2D eigenvalue weighted by Crippen LogP contribution is 2.29. The molecular weight excluding hydrogens is 202 g/mol. The number of carboxylic acids is 1. The number of hydrogen-bond acceptors (Lipinski definition) is 2. The van der Waals surface area contributed by atoms with E-state index in [2.05, 4.69) is 21.0 Å². The molecule has 0 radical (unpaired) electrons. The molecule has 0 amide bonds. The van der Waals surface area contributed by atoms with Gasteiger partial charge in [-0.3, -0.25) is 0 Å². The van der Waals surface area contributed by atoms with Crippen LogP contribution in [0.1, 0.15) is 39.0 Å². The van der Waals surface area contributed by atoms with Gasteiger partial charge in [0.1, 0.15) is 0 Å². The third kappa shape index (κ3) is 4.12. The molecular formula is C13H25NO2. The Balaban J connectivity index is 2.34. The summed E-state index contributed by atoms with van der Waals surface area (Å²) < 4.78 is 1.07. The average molecular weight is 227 g/mol. The molecule has 1 rings (SSSR count). The predicted molar refractivity (Wildman–Crippen MR) is 62.6 cm³/mol. The smallest absolute Gasteiger partial charge is 0.0811 e. The maximum absolute atomic E-state index is 10.7. The molecule has 0 aliphatic heterocycles. The van der Waals surface area contributed by atoms with Crippen LogP contribution in [0.25, 0.3) is 0 Å². The summed E-state index contributed by atoms with van der Waals surface area (Å²) in [5, 5.41) is 10.7. The van der Waals surface area contributed by atoms with Crippen LogP contribution in [0.3, 0.4) is 0 Å². The number of carboxylic acid groups (broad SMARTS) is 1. The summed E-state index contributed by atoms with van der Waals surface area (Å²) in [6.45, 7) is 4.61. The third-order valence-electron chi connectivity index (χ3n) is 3.76. The van der Waals surface area contributed by atoms with Gasteiger partial charge in [-0.05, 0) is 38.0 Å². The van der Waals surface area contributed by atoms with Gasteiger partial charge in [0.05, 0.1) is 27.2 Å². The lowest BCUT2D eigenvalue weighted by Gasteiger charge is -2.36. The summed E-state index contributed by atoms with van der Waals surface area (Å²) in [6, 6.07) is 0. The minimum Gasteiger partial charge on any atom is -0.550 e. The van der Waals surface area contributed by atoms with Crippen LogP contribution in [0.15, 0.2) is 0 Å². The minimum atomic E-state index is -0.847. The quantitative estimate of drug-likeness (QED) is 0.658. The van der Waals surface area contributed by atoms with Crippen LogP contribution in [0.2, 0.25) is 0 Å². The monoisotopic (exact) mass is 227 g/mol. The van der Waals surface area contributed by atoms with Gasteiger partial charge in [0, 0.05) is 11.9 Å². The van der Waals surface area contributed by atoms with Crippen LogP contribution in [-0.4, -0.2) is 37.6 Å². The minimum absolute atomic E-state index is 0.182. The Labute approximate surface area is 99.0 Å². The molecule has 16 heavy (non-hydrogen) atoms. The van der Waals surface area contributed by atoms with E-state index in [0.29, 0.717) is 5.92 Å². The van der Waals surface area contributed by atoms with Gasteiger partial charge in [-0.1, -0.05) is 6.92 Å². The SMILES string of the molecule is CCC[N+](C)(C)CC1CCC(C(=O)[O-])CC1. The van der Waals surface area contributed by atoms with Crippen molar-refractivity contribution in [1.82, 2.24) is 0 Å². The van der Waals surface area contributed by atoms with Gasteiger partial charge < -0.3 is 14.4 Å². The fourth-order valence-electron chi connectivity index (χ4n) is 2.98. The van der Waals surface area contributed by atoms with Crippen molar-refractivity contribution in [1.29, 1.82) is 0 Å². The van der Waals surface area contributed by atoms with E-state index in [1.54, 1.807) is 0 Å². The molecule has 0 aromatic carbocycles. The molecule has 0 atom stereocenters. The van der Waals surface area contributed by atoms with E-state index in [1.165, 1.54) is 19.5 Å². The lowest BCUT2D eigenvalue weighted by molar-refractivity contribution is -0.893. The summed E-state index contributed by atoms with van der Waals surface area (Å²) in [6.07, 6.45) is 4.97. The van der Waals surface area contributed by atoms with Gasteiger partial charge in [0.2, 0.25) is 0 Å². The van der Waals surface area contributed by atoms with Crippen LogP contribution < -0.4 is 5.11 Å². The molecule has 1 aliphatic carbocycles. The molecule has 0 aromatic rings. The molecule has 0 saturated heterocycles. The standard InChI is InChI=1S/C13H25NO2/c1-4-9-14(2,3)10-11-5-7-12(8-6-11)13(15)16/h11-12H,4-10H2,1-3H3. The number of carbonyl (C=O) groups excluding carboxylic acids is 1. The predicted octanol–water partition coefficient (Wildman–Crippen LogP) is 1.03. The van der Waals surface area contributed by atoms with E-state index in [4.69, 9.17) is 0 Å². The Morgan fingerprint density at radius 1 is 1.25 bits per heavy atom. The van der Waals surface area contributed by atoms with Crippen molar-refractivity contribution in [2.45, 2.75) is 39.0 Å². The molecule has 0 aromatic heterocycles. The molecule has 1 saturated carbocycles. The number of quaternary nitrogens is 1. The molecule has 0 unspecified atom stereocenters. The third-order valence-corrected chi connectivity index (χ3v) is 3.76. The van der Waals surface area contributed by atoms with Gasteiger partial charge in [0.15, 0.2) is 0 Å². The molecule has 0 N–H and O–H groups in total. The first-order chi connectivity index (χ1) is 7.44. The molecule has 0 bridgehead atoms. The second kappa shape index (κ2) is 5.67. The van der Waals surface area contributed by atoms with E-state index in [1.807, 2.05) is 0 Å². The van der Waals surface area contributed by atoms with E-state index in [-0.39, 0.29) is 5.92 Å². The maximum Gasteiger partial charge on any atom is 0.0811 e. The zero-order valence-electron chi connectivity index (χ0n) is 10.9. The van der Waals surface area contributed by atoms with Crippen molar-refractivity contribution < 1.29 is 14.4 Å². The van der Waals surface area contributed by atoms with E-state index >= 15 is 0 Å². The number of hydrogen-bond donors (Lipinski definition) is 0. The Bertz CT molecular complexity index is 230. The topological polar surface area (TPSA) is 40.1 Å². The summed E-state index contributed by atoms with van der Waals surface area (Å²) in [5.41, 5.74) is 0. The largest absolute Gasteiger partial charge is 0.550 e. The van der Waals surface area contributed by atoms with Gasteiger partial charge in [-0.25, -0.2) is 0 Å².